The number of aromatic nitrogens is 2. The van der Waals surface area contributed by atoms with Crippen LogP contribution in [-0.2, 0) is 6.54 Å². The summed E-state index contributed by atoms with van der Waals surface area (Å²) in [5.41, 5.74) is 0.565. The van der Waals surface area contributed by atoms with Crippen molar-refractivity contribution >= 4 is 0 Å². The summed E-state index contributed by atoms with van der Waals surface area (Å²) in [6.45, 7) is 9.21. The Morgan fingerprint density at radius 3 is 2.52 bits per heavy atom. The van der Waals surface area contributed by atoms with Crippen molar-refractivity contribution in [1.29, 1.82) is 0 Å². The highest BCUT2D eigenvalue weighted by Gasteiger charge is 2.23. The molecular weight excluding hydrogens is 345 g/mol. The molecule has 1 saturated heterocycles. The van der Waals surface area contributed by atoms with Gasteiger partial charge in [-0.2, -0.15) is 0 Å². The van der Waals surface area contributed by atoms with Gasteiger partial charge < -0.3 is 9.47 Å². The van der Waals surface area contributed by atoms with Crippen molar-refractivity contribution in [2.75, 3.05) is 19.7 Å². The highest BCUT2D eigenvalue weighted by atomic mass is 19.1. The molecule has 146 valence electrons. The van der Waals surface area contributed by atoms with E-state index in [-0.39, 0.29) is 11.4 Å². The predicted octanol–water partition coefficient (Wildman–Crippen LogP) is 4.08. The number of likely N-dealkylation sites (tertiary alicyclic amines) is 1. The Labute approximate surface area is 160 Å². The Kier molecular flexibility index (Phi) is 6.26. The fraction of sp³-hybridized carbons (Fsp3) is 0.524. The lowest BCUT2D eigenvalue weighted by Gasteiger charge is -2.32. The highest BCUT2D eigenvalue weighted by Crippen LogP contribution is 2.24. The minimum Gasteiger partial charge on any atom is -0.490 e. The summed E-state index contributed by atoms with van der Waals surface area (Å²) in [4.78, 5) is 11.2. The van der Waals surface area contributed by atoms with Crippen molar-refractivity contribution in [3.05, 3.63) is 48.2 Å². The Bertz CT molecular complexity index is 740. The molecule has 3 rings (SSSR count). The Morgan fingerprint density at radius 1 is 1.11 bits per heavy atom. The van der Waals surface area contributed by atoms with Gasteiger partial charge in [0.25, 0.3) is 0 Å². The van der Waals surface area contributed by atoms with Crippen molar-refractivity contribution in [1.82, 2.24) is 14.9 Å². The van der Waals surface area contributed by atoms with Gasteiger partial charge in [0.05, 0.1) is 6.61 Å². The number of ether oxygens (including phenoxy) is 2. The molecule has 5 nitrogen and oxygen atoms in total. The molecule has 0 bridgehead atoms. The molecule has 0 aliphatic carbocycles. The van der Waals surface area contributed by atoms with E-state index >= 15 is 0 Å². The molecule has 0 saturated carbocycles. The van der Waals surface area contributed by atoms with Gasteiger partial charge in [-0.1, -0.05) is 12.1 Å². The number of rotatable bonds is 6. The third-order valence-electron chi connectivity index (χ3n) is 4.53. The Balaban J connectivity index is 1.49. The van der Waals surface area contributed by atoms with Crippen LogP contribution in [0.4, 0.5) is 4.39 Å². The molecule has 2 heterocycles. The van der Waals surface area contributed by atoms with Crippen LogP contribution in [0.2, 0.25) is 0 Å². The average molecular weight is 373 g/mol. The lowest BCUT2D eigenvalue weighted by atomic mass is 9.97. The molecular formula is C21H28FN3O2. The number of halogens is 1. The normalized spacial score (nSPS) is 16.3. The first-order chi connectivity index (χ1) is 12.9. The maximum absolute atomic E-state index is 13.6. The van der Waals surface area contributed by atoms with E-state index in [9.17, 15) is 4.39 Å². The van der Waals surface area contributed by atoms with Gasteiger partial charge in [-0.3, -0.25) is 9.88 Å². The molecule has 2 aromatic rings. The van der Waals surface area contributed by atoms with Crippen molar-refractivity contribution < 1.29 is 13.9 Å². The molecule has 0 amide bonds. The van der Waals surface area contributed by atoms with Crippen LogP contribution < -0.4 is 9.47 Å². The average Bonchev–Trinajstić information content (AvgIpc) is 2.63. The van der Waals surface area contributed by atoms with Gasteiger partial charge in [0.2, 0.25) is 5.88 Å². The van der Waals surface area contributed by atoms with Crippen LogP contribution in [0.5, 0.6) is 11.6 Å². The van der Waals surface area contributed by atoms with Crippen LogP contribution in [-0.4, -0.2) is 40.2 Å². The molecule has 1 aromatic carbocycles. The van der Waals surface area contributed by atoms with E-state index in [0.717, 1.165) is 38.2 Å². The van der Waals surface area contributed by atoms with Crippen molar-refractivity contribution in [3.8, 4) is 11.6 Å². The van der Waals surface area contributed by atoms with Crippen LogP contribution in [0.15, 0.2) is 36.7 Å². The highest BCUT2D eigenvalue weighted by molar-refractivity contribution is 5.23. The summed E-state index contributed by atoms with van der Waals surface area (Å²) in [6.07, 6.45) is 5.41. The SMILES string of the molecule is CC(C)(C)Oc1nccnc1CN1CCC(COc2ccccc2F)CC1. The molecule has 0 spiro atoms. The number of hydrogen-bond donors (Lipinski definition) is 0. The molecule has 27 heavy (non-hydrogen) atoms. The van der Waals surface area contributed by atoms with Crippen molar-refractivity contribution in [2.24, 2.45) is 5.92 Å². The maximum atomic E-state index is 13.6. The van der Waals surface area contributed by atoms with E-state index in [1.807, 2.05) is 20.8 Å². The van der Waals surface area contributed by atoms with Crippen LogP contribution >= 0.6 is 0 Å². The first kappa shape index (κ1) is 19.5. The van der Waals surface area contributed by atoms with E-state index in [1.54, 1.807) is 30.6 Å². The van der Waals surface area contributed by atoms with Gasteiger partial charge in [-0.15, -0.1) is 0 Å². The number of piperidine rings is 1. The number of nitrogens with zero attached hydrogens (tertiary/aromatic N) is 3. The van der Waals surface area contributed by atoms with Crippen molar-refractivity contribution in [3.63, 3.8) is 0 Å². The van der Waals surface area contributed by atoms with E-state index in [1.165, 1.54) is 6.07 Å². The number of para-hydroxylation sites is 1. The van der Waals surface area contributed by atoms with Gasteiger partial charge in [-0.05, 0) is 64.8 Å². The van der Waals surface area contributed by atoms with Crippen LogP contribution in [0.25, 0.3) is 0 Å². The maximum Gasteiger partial charge on any atom is 0.237 e. The monoisotopic (exact) mass is 373 g/mol. The number of hydrogen-bond acceptors (Lipinski definition) is 5. The topological polar surface area (TPSA) is 47.5 Å². The van der Waals surface area contributed by atoms with E-state index < -0.39 is 0 Å². The summed E-state index contributed by atoms with van der Waals surface area (Å²) in [5.74, 6) is 1.08. The molecule has 1 fully saturated rings. The van der Waals surface area contributed by atoms with Gasteiger partial charge >= 0.3 is 0 Å². The Morgan fingerprint density at radius 2 is 1.81 bits per heavy atom. The lowest BCUT2D eigenvalue weighted by Crippen LogP contribution is -2.35. The standard InChI is InChI=1S/C21H28FN3O2/c1-21(2,3)27-20-18(23-10-11-24-20)14-25-12-8-16(9-13-25)15-26-19-7-5-4-6-17(19)22/h4-7,10-11,16H,8-9,12-15H2,1-3H3. The van der Waals surface area contributed by atoms with Gasteiger partial charge in [0.1, 0.15) is 11.3 Å². The van der Waals surface area contributed by atoms with Crippen molar-refractivity contribution in [2.45, 2.75) is 45.8 Å². The quantitative estimate of drug-likeness (QED) is 0.763. The summed E-state index contributed by atoms with van der Waals surface area (Å²) in [7, 11) is 0. The summed E-state index contributed by atoms with van der Waals surface area (Å²) >= 11 is 0. The second-order valence-electron chi connectivity index (χ2n) is 7.98. The molecule has 0 radical (unpaired) electrons. The zero-order chi connectivity index (χ0) is 19.3. The molecule has 1 aliphatic heterocycles. The summed E-state index contributed by atoms with van der Waals surface area (Å²) in [5, 5.41) is 0. The summed E-state index contributed by atoms with van der Waals surface area (Å²) in [6, 6.07) is 6.56. The third-order valence-corrected chi connectivity index (χ3v) is 4.53. The Hall–Kier alpha value is -2.21. The number of benzene rings is 1. The van der Waals surface area contributed by atoms with E-state index in [4.69, 9.17) is 9.47 Å². The fourth-order valence-corrected chi connectivity index (χ4v) is 3.13. The third kappa shape index (κ3) is 5.89. The first-order valence-corrected chi connectivity index (χ1v) is 9.49. The minimum absolute atomic E-state index is 0.302. The minimum atomic E-state index is -0.304. The zero-order valence-corrected chi connectivity index (χ0v) is 16.3. The molecule has 0 unspecified atom stereocenters. The second-order valence-corrected chi connectivity index (χ2v) is 7.98. The molecule has 0 N–H and O–H groups in total. The smallest absolute Gasteiger partial charge is 0.237 e. The van der Waals surface area contributed by atoms with Gasteiger partial charge in [-0.25, -0.2) is 9.37 Å². The first-order valence-electron chi connectivity index (χ1n) is 9.49. The van der Waals surface area contributed by atoms with E-state index in [0.29, 0.717) is 24.2 Å². The van der Waals surface area contributed by atoms with Gasteiger partial charge in [0, 0.05) is 18.9 Å². The molecule has 6 heteroatoms. The second kappa shape index (κ2) is 8.65. The lowest BCUT2D eigenvalue weighted by molar-refractivity contribution is 0.112. The molecule has 1 aromatic heterocycles. The largest absolute Gasteiger partial charge is 0.490 e. The van der Waals surface area contributed by atoms with Gasteiger partial charge in [0.15, 0.2) is 11.6 Å². The van der Waals surface area contributed by atoms with Crippen LogP contribution in [0, 0.1) is 11.7 Å². The molecule has 1 aliphatic rings. The molecule has 0 atom stereocenters. The predicted molar refractivity (Wildman–Crippen MR) is 102 cm³/mol. The van der Waals surface area contributed by atoms with E-state index in [2.05, 4.69) is 14.9 Å². The van der Waals surface area contributed by atoms with Crippen LogP contribution in [0.3, 0.4) is 0 Å². The van der Waals surface area contributed by atoms with Crippen LogP contribution in [0.1, 0.15) is 39.3 Å². The fourth-order valence-electron chi connectivity index (χ4n) is 3.13. The zero-order valence-electron chi connectivity index (χ0n) is 16.3. The summed E-state index contributed by atoms with van der Waals surface area (Å²) < 4.78 is 25.3.